The van der Waals surface area contributed by atoms with Crippen LogP contribution in [0.5, 0.6) is 5.75 Å². The lowest BCUT2D eigenvalue weighted by atomic mass is 10.0. The summed E-state index contributed by atoms with van der Waals surface area (Å²) in [6.07, 6.45) is 5.72. The number of rotatable bonds is 3. The quantitative estimate of drug-likeness (QED) is 0.726. The van der Waals surface area contributed by atoms with Crippen LogP contribution in [0.25, 0.3) is 0 Å². The van der Waals surface area contributed by atoms with E-state index in [1.165, 1.54) is 0 Å². The van der Waals surface area contributed by atoms with E-state index in [1.54, 1.807) is 7.11 Å². The number of hydrogen-bond acceptors (Lipinski definition) is 2. The van der Waals surface area contributed by atoms with Gasteiger partial charge in [0.25, 0.3) is 0 Å². The van der Waals surface area contributed by atoms with Crippen LogP contribution in [0.1, 0.15) is 29.3 Å². The van der Waals surface area contributed by atoms with Crippen LogP contribution < -0.4 is 4.74 Å². The molecule has 1 atom stereocenters. The second kappa shape index (κ2) is 4.52. The highest BCUT2D eigenvalue weighted by Gasteiger charge is 2.31. The van der Waals surface area contributed by atoms with Gasteiger partial charge in [-0.05, 0) is 31.4 Å². The third-order valence-corrected chi connectivity index (χ3v) is 3.07. The molecule has 0 bridgehead atoms. The number of carbonyl (C=O) groups is 1. The number of allylic oxidation sites excluding steroid dienone is 2. The number of ether oxygens (including phenoxy) is 1. The van der Waals surface area contributed by atoms with Gasteiger partial charge in [-0.25, -0.2) is 0 Å². The zero-order valence-corrected chi connectivity index (χ0v) is 9.69. The molecule has 84 valence electrons. The van der Waals surface area contributed by atoms with E-state index in [0.717, 1.165) is 24.0 Å². The smallest absolute Gasteiger partial charge is 0.170 e. The predicted octanol–water partition coefficient (Wildman–Crippen LogP) is 3.02. The summed E-state index contributed by atoms with van der Waals surface area (Å²) in [5.41, 5.74) is 1.92. The lowest BCUT2D eigenvalue weighted by Crippen LogP contribution is -2.08. The fourth-order valence-corrected chi connectivity index (χ4v) is 2.25. The molecular weight excluding hydrogens is 200 g/mol. The van der Waals surface area contributed by atoms with Gasteiger partial charge >= 0.3 is 0 Å². The fourth-order valence-electron chi connectivity index (χ4n) is 2.25. The lowest BCUT2D eigenvalue weighted by molar-refractivity contribution is 0.0935. The zero-order valence-electron chi connectivity index (χ0n) is 9.69. The van der Waals surface area contributed by atoms with Gasteiger partial charge in [0.1, 0.15) is 5.75 Å². The first-order chi connectivity index (χ1) is 7.77. The molecular formula is C14H16O2. The molecule has 0 aliphatic heterocycles. The Balaban J connectivity index is 2.31. The van der Waals surface area contributed by atoms with Crippen LogP contribution in [0.15, 0.2) is 30.4 Å². The fraction of sp³-hybridized carbons (Fsp3) is 0.357. The second-order valence-electron chi connectivity index (χ2n) is 4.06. The van der Waals surface area contributed by atoms with Gasteiger partial charge in [0.2, 0.25) is 0 Å². The normalized spacial score (nSPS) is 19.1. The third-order valence-electron chi connectivity index (χ3n) is 3.07. The first-order valence-corrected chi connectivity index (χ1v) is 5.59. The molecule has 2 rings (SSSR count). The molecule has 0 heterocycles. The van der Waals surface area contributed by atoms with Crippen LogP contribution in [-0.2, 0) is 6.42 Å². The standard InChI is InChI=1S/C14H16O2/c1-3-4-6-11-9-10-7-5-8-12(16-2)13(10)14(11)15/h3-5,7-8,11H,6,9H2,1-2H3/t11-/m0/s1. The van der Waals surface area contributed by atoms with Crippen molar-refractivity contribution in [3.05, 3.63) is 41.5 Å². The van der Waals surface area contributed by atoms with Crippen molar-refractivity contribution in [2.75, 3.05) is 7.11 Å². The molecule has 0 unspecified atom stereocenters. The van der Waals surface area contributed by atoms with Crippen molar-refractivity contribution in [1.29, 1.82) is 0 Å². The number of carbonyl (C=O) groups excluding carboxylic acids is 1. The SMILES string of the molecule is CC=CC[C@H]1Cc2cccc(OC)c2C1=O. The molecule has 0 N–H and O–H groups in total. The highest BCUT2D eigenvalue weighted by molar-refractivity contribution is 6.04. The van der Waals surface area contributed by atoms with Crippen LogP contribution in [0.2, 0.25) is 0 Å². The molecule has 16 heavy (non-hydrogen) atoms. The Morgan fingerprint density at radius 3 is 3.00 bits per heavy atom. The van der Waals surface area contributed by atoms with E-state index in [1.807, 2.05) is 31.2 Å². The molecule has 1 aromatic carbocycles. The minimum Gasteiger partial charge on any atom is -0.496 e. The third kappa shape index (κ3) is 1.75. The number of fused-ring (bicyclic) bond motifs is 1. The molecule has 0 aromatic heterocycles. The maximum Gasteiger partial charge on any atom is 0.170 e. The zero-order chi connectivity index (χ0) is 11.5. The van der Waals surface area contributed by atoms with Crippen molar-refractivity contribution in [2.45, 2.75) is 19.8 Å². The summed E-state index contributed by atoms with van der Waals surface area (Å²) in [6.45, 7) is 1.98. The summed E-state index contributed by atoms with van der Waals surface area (Å²) in [5.74, 6) is 1.04. The van der Waals surface area contributed by atoms with Gasteiger partial charge in [0, 0.05) is 5.92 Å². The van der Waals surface area contributed by atoms with E-state index >= 15 is 0 Å². The van der Waals surface area contributed by atoms with Gasteiger partial charge in [-0.3, -0.25) is 4.79 Å². The number of methoxy groups -OCH3 is 1. The van der Waals surface area contributed by atoms with Crippen LogP contribution in [0, 0.1) is 5.92 Å². The monoisotopic (exact) mass is 216 g/mol. The van der Waals surface area contributed by atoms with Crippen molar-refractivity contribution in [3.8, 4) is 5.75 Å². The number of benzene rings is 1. The molecule has 0 saturated carbocycles. The Morgan fingerprint density at radius 1 is 1.50 bits per heavy atom. The Kier molecular flexibility index (Phi) is 3.09. The molecule has 2 heteroatoms. The van der Waals surface area contributed by atoms with Crippen LogP contribution in [0.4, 0.5) is 0 Å². The van der Waals surface area contributed by atoms with Gasteiger partial charge < -0.3 is 4.74 Å². The van der Waals surface area contributed by atoms with E-state index < -0.39 is 0 Å². The van der Waals surface area contributed by atoms with E-state index in [0.29, 0.717) is 5.75 Å². The van der Waals surface area contributed by atoms with Crippen molar-refractivity contribution < 1.29 is 9.53 Å². The molecule has 1 aromatic rings. The van der Waals surface area contributed by atoms with Crippen molar-refractivity contribution in [1.82, 2.24) is 0 Å². The maximum atomic E-state index is 12.2. The molecule has 1 aliphatic rings. The topological polar surface area (TPSA) is 26.3 Å². The number of hydrogen-bond donors (Lipinski definition) is 0. The van der Waals surface area contributed by atoms with Crippen molar-refractivity contribution in [2.24, 2.45) is 5.92 Å². The van der Waals surface area contributed by atoms with Crippen molar-refractivity contribution >= 4 is 5.78 Å². The number of Topliss-reactive ketones (excluding diaryl/α,β-unsaturated/α-hetero) is 1. The van der Waals surface area contributed by atoms with Crippen LogP contribution >= 0.6 is 0 Å². The highest BCUT2D eigenvalue weighted by atomic mass is 16.5. The van der Waals surface area contributed by atoms with E-state index in [2.05, 4.69) is 6.08 Å². The van der Waals surface area contributed by atoms with Crippen LogP contribution in [0.3, 0.4) is 0 Å². The first-order valence-electron chi connectivity index (χ1n) is 5.59. The second-order valence-corrected chi connectivity index (χ2v) is 4.06. The summed E-state index contributed by atoms with van der Waals surface area (Å²) in [7, 11) is 1.61. The summed E-state index contributed by atoms with van der Waals surface area (Å²) in [6, 6.07) is 5.82. The summed E-state index contributed by atoms with van der Waals surface area (Å²) in [5, 5.41) is 0. The minimum atomic E-state index is 0.0995. The maximum absolute atomic E-state index is 12.2. The van der Waals surface area contributed by atoms with Crippen molar-refractivity contribution in [3.63, 3.8) is 0 Å². The highest BCUT2D eigenvalue weighted by Crippen LogP contribution is 2.35. The summed E-state index contributed by atoms with van der Waals surface area (Å²) in [4.78, 5) is 12.2. The molecule has 0 spiro atoms. The average molecular weight is 216 g/mol. The Morgan fingerprint density at radius 2 is 2.31 bits per heavy atom. The van der Waals surface area contributed by atoms with Crippen LogP contribution in [-0.4, -0.2) is 12.9 Å². The molecule has 2 nitrogen and oxygen atoms in total. The van der Waals surface area contributed by atoms with Gasteiger partial charge in [0.15, 0.2) is 5.78 Å². The molecule has 0 saturated heterocycles. The van der Waals surface area contributed by atoms with Gasteiger partial charge in [-0.1, -0.05) is 24.3 Å². The Labute approximate surface area is 95.9 Å². The first kappa shape index (κ1) is 10.9. The Hall–Kier alpha value is -1.57. The minimum absolute atomic E-state index is 0.0995. The summed E-state index contributed by atoms with van der Waals surface area (Å²) >= 11 is 0. The molecule has 0 radical (unpaired) electrons. The van der Waals surface area contributed by atoms with Gasteiger partial charge in [-0.15, -0.1) is 0 Å². The van der Waals surface area contributed by atoms with Gasteiger partial charge in [0.05, 0.1) is 12.7 Å². The van der Waals surface area contributed by atoms with Gasteiger partial charge in [-0.2, -0.15) is 0 Å². The van der Waals surface area contributed by atoms with E-state index in [9.17, 15) is 4.79 Å². The molecule has 0 amide bonds. The predicted molar refractivity (Wildman–Crippen MR) is 63.9 cm³/mol. The van der Waals surface area contributed by atoms with E-state index in [4.69, 9.17) is 4.74 Å². The Bertz CT molecular complexity index is 432. The average Bonchev–Trinajstić information content (AvgIpc) is 2.64. The lowest BCUT2D eigenvalue weighted by Gasteiger charge is -2.05. The molecule has 0 fully saturated rings. The summed E-state index contributed by atoms with van der Waals surface area (Å²) < 4.78 is 5.24. The molecule has 1 aliphatic carbocycles. The van der Waals surface area contributed by atoms with E-state index in [-0.39, 0.29) is 11.7 Å². The largest absolute Gasteiger partial charge is 0.496 e. The number of ketones is 1.